The summed E-state index contributed by atoms with van der Waals surface area (Å²) < 4.78 is 0. The van der Waals surface area contributed by atoms with Crippen molar-refractivity contribution < 1.29 is 5.11 Å². The number of aryl methyl sites for hydroxylation is 1. The van der Waals surface area contributed by atoms with E-state index in [1.54, 1.807) is 0 Å². The van der Waals surface area contributed by atoms with Crippen LogP contribution < -0.4 is 0 Å². The summed E-state index contributed by atoms with van der Waals surface area (Å²) in [5, 5.41) is 15.9. The van der Waals surface area contributed by atoms with Crippen molar-refractivity contribution in [1.82, 2.24) is 10.2 Å². The van der Waals surface area contributed by atoms with E-state index >= 15 is 0 Å². The monoisotopic (exact) mass is 152 g/mol. The molecule has 3 heteroatoms. The van der Waals surface area contributed by atoms with Crippen LogP contribution in [-0.2, 0) is 12.8 Å². The molecule has 1 aromatic heterocycles. The molecule has 2 N–H and O–H groups in total. The Morgan fingerprint density at radius 1 is 1.73 bits per heavy atom. The number of nitrogens with one attached hydrogen (secondary N) is 1. The summed E-state index contributed by atoms with van der Waals surface area (Å²) in [5.74, 6) is 0.458. The minimum atomic E-state index is 0.310. The number of aliphatic hydroxyl groups excluding tert-OH is 1. The van der Waals surface area contributed by atoms with Gasteiger partial charge in [0, 0.05) is 12.3 Å². The molecule has 0 radical (unpaired) electrons. The minimum absolute atomic E-state index is 0.310. The Bertz CT molecular complexity index is 244. The molecule has 0 bridgehead atoms. The molecular weight excluding hydrogens is 140 g/mol. The first-order valence-electron chi connectivity index (χ1n) is 4.02. The molecule has 0 saturated carbocycles. The van der Waals surface area contributed by atoms with Crippen molar-refractivity contribution in [3.05, 3.63) is 17.5 Å². The number of rotatable bonds is 1. The van der Waals surface area contributed by atoms with Gasteiger partial charge in [-0.1, -0.05) is 0 Å². The fourth-order valence-electron chi connectivity index (χ4n) is 1.65. The lowest BCUT2D eigenvalue weighted by molar-refractivity contribution is 0.213. The van der Waals surface area contributed by atoms with E-state index in [2.05, 4.69) is 10.2 Å². The van der Waals surface area contributed by atoms with Crippen LogP contribution in [0.25, 0.3) is 0 Å². The number of H-pyrrole nitrogens is 1. The minimum Gasteiger partial charge on any atom is -0.396 e. The van der Waals surface area contributed by atoms with E-state index in [1.165, 1.54) is 11.3 Å². The van der Waals surface area contributed by atoms with Crippen molar-refractivity contribution in [2.24, 2.45) is 5.92 Å². The summed E-state index contributed by atoms with van der Waals surface area (Å²) in [7, 11) is 0. The topological polar surface area (TPSA) is 48.9 Å². The van der Waals surface area contributed by atoms with E-state index < -0.39 is 0 Å². The molecule has 60 valence electrons. The maximum Gasteiger partial charge on any atom is 0.0522 e. The van der Waals surface area contributed by atoms with Crippen LogP contribution in [0.1, 0.15) is 17.7 Å². The van der Waals surface area contributed by atoms with E-state index in [1.807, 2.05) is 6.20 Å². The van der Waals surface area contributed by atoms with Gasteiger partial charge in [0.1, 0.15) is 0 Å². The molecule has 1 aliphatic rings. The molecule has 1 heterocycles. The molecule has 1 aromatic rings. The van der Waals surface area contributed by atoms with E-state index in [9.17, 15) is 0 Å². The smallest absolute Gasteiger partial charge is 0.0522 e. The predicted octanol–water partition coefficient (Wildman–Crippen LogP) is 0.507. The Kier molecular flexibility index (Phi) is 1.66. The molecule has 1 aliphatic carbocycles. The predicted molar refractivity (Wildman–Crippen MR) is 41.2 cm³/mol. The van der Waals surface area contributed by atoms with Gasteiger partial charge in [0.15, 0.2) is 0 Å². The summed E-state index contributed by atoms with van der Waals surface area (Å²) >= 11 is 0. The van der Waals surface area contributed by atoms with Crippen LogP contribution in [0.4, 0.5) is 0 Å². The Hall–Kier alpha value is -0.830. The molecule has 0 aromatic carbocycles. The second-order valence-electron chi connectivity index (χ2n) is 3.17. The lowest BCUT2D eigenvalue weighted by Crippen LogP contribution is -2.16. The summed E-state index contributed by atoms with van der Waals surface area (Å²) in [6, 6.07) is 0. The zero-order chi connectivity index (χ0) is 7.68. The Labute approximate surface area is 65.4 Å². The van der Waals surface area contributed by atoms with Gasteiger partial charge in [-0.2, -0.15) is 5.10 Å². The lowest BCUT2D eigenvalue weighted by Gasteiger charge is -2.18. The number of fused-ring (bicyclic) bond motifs is 1. The average Bonchev–Trinajstić information content (AvgIpc) is 2.50. The van der Waals surface area contributed by atoms with Gasteiger partial charge >= 0.3 is 0 Å². The fourth-order valence-corrected chi connectivity index (χ4v) is 1.65. The maximum atomic E-state index is 8.92. The van der Waals surface area contributed by atoms with Crippen LogP contribution in [0.3, 0.4) is 0 Å². The van der Waals surface area contributed by atoms with Crippen molar-refractivity contribution >= 4 is 0 Å². The van der Waals surface area contributed by atoms with Crippen LogP contribution in [0.2, 0.25) is 0 Å². The number of hydrogen-bond donors (Lipinski definition) is 2. The van der Waals surface area contributed by atoms with Crippen molar-refractivity contribution in [3.63, 3.8) is 0 Å². The Balaban J connectivity index is 2.18. The molecule has 0 amide bonds. The number of aromatic amines is 1. The van der Waals surface area contributed by atoms with Crippen molar-refractivity contribution in [2.45, 2.75) is 19.3 Å². The first-order valence-corrected chi connectivity index (χ1v) is 4.02. The molecule has 0 saturated heterocycles. The van der Waals surface area contributed by atoms with Crippen LogP contribution >= 0.6 is 0 Å². The third kappa shape index (κ3) is 1.16. The highest BCUT2D eigenvalue weighted by molar-refractivity contribution is 5.19. The normalized spacial score (nSPS) is 23.2. The van der Waals surface area contributed by atoms with E-state index in [4.69, 9.17) is 5.11 Å². The van der Waals surface area contributed by atoms with Crippen LogP contribution in [0.15, 0.2) is 6.20 Å². The summed E-state index contributed by atoms with van der Waals surface area (Å²) in [6.07, 6.45) is 4.99. The first kappa shape index (κ1) is 6.85. The summed E-state index contributed by atoms with van der Waals surface area (Å²) in [6.45, 7) is 0.310. The average molecular weight is 152 g/mol. The van der Waals surface area contributed by atoms with Crippen molar-refractivity contribution in [3.8, 4) is 0 Å². The first-order chi connectivity index (χ1) is 5.40. The lowest BCUT2D eigenvalue weighted by atomic mass is 9.89. The van der Waals surface area contributed by atoms with Gasteiger partial charge in [-0.05, 0) is 30.7 Å². The quantitative estimate of drug-likeness (QED) is 0.616. The van der Waals surface area contributed by atoms with E-state index in [0.717, 1.165) is 19.3 Å². The SMILES string of the molecule is OC[C@@H]1CCc2[nH]ncc2C1. The zero-order valence-electron chi connectivity index (χ0n) is 6.38. The third-order valence-corrected chi connectivity index (χ3v) is 2.38. The van der Waals surface area contributed by atoms with Gasteiger partial charge < -0.3 is 5.11 Å². The van der Waals surface area contributed by atoms with Gasteiger partial charge in [0.2, 0.25) is 0 Å². The molecular formula is C8H12N2O. The number of aliphatic hydroxyl groups is 1. The van der Waals surface area contributed by atoms with Crippen LogP contribution in [-0.4, -0.2) is 21.9 Å². The second-order valence-corrected chi connectivity index (χ2v) is 3.17. The Morgan fingerprint density at radius 2 is 2.64 bits per heavy atom. The van der Waals surface area contributed by atoms with Gasteiger partial charge in [-0.15, -0.1) is 0 Å². The van der Waals surface area contributed by atoms with Crippen molar-refractivity contribution in [2.75, 3.05) is 6.61 Å². The number of nitrogens with zero attached hydrogens (tertiary/aromatic N) is 1. The third-order valence-electron chi connectivity index (χ3n) is 2.38. The molecule has 11 heavy (non-hydrogen) atoms. The second kappa shape index (κ2) is 2.66. The molecule has 3 nitrogen and oxygen atoms in total. The molecule has 2 rings (SSSR count). The van der Waals surface area contributed by atoms with Crippen LogP contribution in [0.5, 0.6) is 0 Å². The van der Waals surface area contributed by atoms with Gasteiger partial charge in [-0.25, -0.2) is 0 Å². The summed E-state index contributed by atoms with van der Waals surface area (Å²) in [4.78, 5) is 0. The van der Waals surface area contributed by atoms with Gasteiger partial charge in [-0.3, -0.25) is 5.10 Å². The largest absolute Gasteiger partial charge is 0.396 e. The van der Waals surface area contributed by atoms with Crippen molar-refractivity contribution in [1.29, 1.82) is 0 Å². The van der Waals surface area contributed by atoms with E-state index in [0.29, 0.717) is 12.5 Å². The highest BCUT2D eigenvalue weighted by atomic mass is 16.3. The van der Waals surface area contributed by atoms with Gasteiger partial charge in [0.05, 0.1) is 6.20 Å². The standard InChI is InChI=1S/C8H12N2O/c11-5-6-1-2-8-7(3-6)4-9-10-8/h4,6,11H,1-3,5H2,(H,9,10)/t6-/m1/s1. The molecule has 0 unspecified atom stereocenters. The van der Waals surface area contributed by atoms with E-state index in [-0.39, 0.29) is 0 Å². The zero-order valence-corrected chi connectivity index (χ0v) is 6.38. The maximum absolute atomic E-state index is 8.92. The molecule has 0 aliphatic heterocycles. The Morgan fingerprint density at radius 3 is 3.45 bits per heavy atom. The molecule has 1 atom stereocenters. The fraction of sp³-hybridized carbons (Fsp3) is 0.625. The van der Waals surface area contributed by atoms with Gasteiger partial charge in [0.25, 0.3) is 0 Å². The summed E-state index contributed by atoms with van der Waals surface area (Å²) in [5.41, 5.74) is 2.55. The number of aromatic nitrogens is 2. The molecule has 0 spiro atoms. The molecule has 0 fully saturated rings. The highest BCUT2D eigenvalue weighted by Crippen LogP contribution is 2.22. The highest BCUT2D eigenvalue weighted by Gasteiger charge is 2.18. The number of hydrogen-bond acceptors (Lipinski definition) is 2. The van der Waals surface area contributed by atoms with Crippen LogP contribution in [0, 0.1) is 5.92 Å².